The number of unbranched alkanes of at least 4 members (excludes halogenated alkanes) is 13. The van der Waals surface area contributed by atoms with E-state index in [0.29, 0.717) is 11.5 Å². The first-order chi connectivity index (χ1) is 16.8. The van der Waals surface area contributed by atoms with E-state index in [9.17, 15) is 0 Å². The highest BCUT2D eigenvalue weighted by atomic mass is 32.3. The molecule has 2 rings (SSSR count). The highest BCUT2D eigenvalue weighted by Gasteiger charge is 2.35. The number of ether oxygens (including phenoxy) is 2. The zero-order chi connectivity index (χ0) is 24.2. The maximum absolute atomic E-state index is 6.34. The molecule has 0 radical (unpaired) electrons. The first-order valence-corrected chi connectivity index (χ1v) is 18.0. The van der Waals surface area contributed by atoms with Gasteiger partial charge in [0.2, 0.25) is 0 Å². The van der Waals surface area contributed by atoms with Crippen LogP contribution in [-0.2, 0) is 9.47 Å². The smallest absolute Gasteiger partial charge is 0.0879 e. The van der Waals surface area contributed by atoms with Gasteiger partial charge in [0.05, 0.1) is 11.5 Å². The second-order valence-corrected chi connectivity index (χ2v) is 15.4. The Morgan fingerprint density at radius 2 is 1.06 bits per heavy atom. The quantitative estimate of drug-likeness (QED) is 0.138. The Kier molecular flexibility index (Phi) is 18.2. The summed E-state index contributed by atoms with van der Waals surface area (Å²) in [6.07, 6.45) is 31.5. The van der Waals surface area contributed by atoms with Crippen molar-refractivity contribution >= 4 is 10.0 Å². The minimum Gasteiger partial charge on any atom is -0.378 e. The number of hydrogen-bond acceptors (Lipinski definition) is 2. The van der Waals surface area contributed by atoms with E-state index in [4.69, 9.17) is 9.47 Å². The zero-order valence-electron chi connectivity index (χ0n) is 23.5. The normalized spacial score (nSPS) is 21.8. The molecule has 2 atom stereocenters. The van der Waals surface area contributed by atoms with Crippen LogP contribution in [0.1, 0.15) is 155 Å². The molecule has 0 aliphatic carbocycles. The number of hydrogen-bond donors (Lipinski definition) is 0. The van der Waals surface area contributed by atoms with E-state index in [-0.39, 0.29) is 0 Å². The molecule has 0 aromatic carbocycles. The molecule has 2 nitrogen and oxygen atoms in total. The number of rotatable bonds is 22. The lowest BCUT2D eigenvalue weighted by atomic mass is 10.0. The Balaban J connectivity index is 1.44. The van der Waals surface area contributed by atoms with Crippen molar-refractivity contribution in [3.05, 3.63) is 0 Å². The van der Waals surface area contributed by atoms with Crippen molar-refractivity contribution in [3.63, 3.8) is 0 Å². The first kappa shape index (κ1) is 30.5. The van der Waals surface area contributed by atoms with E-state index in [0.717, 1.165) is 13.2 Å². The summed E-state index contributed by atoms with van der Waals surface area (Å²) in [6.45, 7) is 6.78. The molecular weight excluding hydrogens is 436 g/mol. The van der Waals surface area contributed by atoms with E-state index in [2.05, 4.69) is 13.8 Å². The summed E-state index contributed by atoms with van der Waals surface area (Å²) >= 11 is 0. The predicted octanol–water partition coefficient (Wildman–Crippen LogP) is 10.2. The fourth-order valence-corrected chi connectivity index (χ4v) is 11.0. The van der Waals surface area contributed by atoms with E-state index in [1.807, 2.05) is 0 Å². The summed E-state index contributed by atoms with van der Waals surface area (Å²) in [5.41, 5.74) is 0.645. The van der Waals surface area contributed by atoms with Gasteiger partial charge in [0.15, 0.2) is 0 Å². The topological polar surface area (TPSA) is 18.5 Å². The van der Waals surface area contributed by atoms with Gasteiger partial charge in [-0.15, -0.1) is 0 Å². The lowest BCUT2D eigenvalue weighted by Crippen LogP contribution is -2.26. The summed E-state index contributed by atoms with van der Waals surface area (Å²) in [5.74, 6) is 4.48. The molecule has 0 amide bonds. The van der Waals surface area contributed by atoms with Crippen molar-refractivity contribution in [2.75, 3.05) is 30.5 Å². The third kappa shape index (κ3) is 13.0. The molecule has 34 heavy (non-hydrogen) atoms. The molecule has 2 fully saturated rings. The lowest BCUT2D eigenvalue weighted by Gasteiger charge is -2.45. The van der Waals surface area contributed by atoms with Gasteiger partial charge in [-0.05, 0) is 75.0 Å². The molecule has 0 spiro atoms. The van der Waals surface area contributed by atoms with Crippen LogP contribution in [0.4, 0.5) is 0 Å². The molecule has 0 saturated carbocycles. The van der Waals surface area contributed by atoms with E-state index >= 15 is 0 Å². The Hall–Kier alpha value is 0.270. The Bertz CT molecular complexity index is 435. The summed E-state index contributed by atoms with van der Waals surface area (Å²) < 4.78 is 12.2. The molecule has 0 N–H and O–H groups in total. The van der Waals surface area contributed by atoms with Crippen molar-refractivity contribution in [2.24, 2.45) is 0 Å². The van der Waals surface area contributed by atoms with Crippen molar-refractivity contribution in [1.29, 1.82) is 0 Å². The van der Waals surface area contributed by atoms with E-state index < -0.39 is 10.0 Å². The molecule has 2 aliphatic heterocycles. The van der Waals surface area contributed by atoms with E-state index in [1.54, 1.807) is 0 Å². The van der Waals surface area contributed by atoms with Crippen molar-refractivity contribution in [3.8, 4) is 0 Å². The summed E-state index contributed by atoms with van der Waals surface area (Å²) in [4.78, 5) is 0. The second-order valence-electron chi connectivity index (χ2n) is 11.4. The van der Waals surface area contributed by atoms with Gasteiger partial charge in [-0.1, -0.05) is 97.3 Å². The van der Waals surface area contributed by atoms with Crippen molar-refractivity contribution in [1.82, 2.24) is 0 Å². The monoisotopic (exact) mass is 498 g/mol. The average Bonchev–Trinajstić information content (AvgIpc) is 3.42. The van der Waals surface area contributed by atoms with Crippen LogP contribution < -0.4 is 0 Å². The van der Waals surface area contributed by atoms with Crippen molar-refractivity contribution in [2.45, 2.75) is 167 Å². The molecule has 2 aliphatic rings. The van der Waals surface area contributed by atoms with Crippen LogP contribution in [0.15, 0.2) is 0 Å². The molecule has 2 unspecified atom stereocenters. The van der Waals surface area contributed by atoms with Crippen LogP contribution in [0.2, 0.25) is 0 Å². The van der Waals surface area contributed by atoms with Crippen LogP contribution in [0.3, 0.4) is 0 Å². The Morgan fingerprint density at radius 1 is 0.529 bits per heavy atom. The Morgan fingerprint density at radius 3 is 1.56 bits per heavy atom. The van der Waals surface area contributed by atoms with Gasteiger partial charge in [0.25, 0.3) is 0 Å². The van der Waals surface area contributed by atoms with Crippen molar-refractivity contribution < 1.29 is 9.47 Å². The van der Waals surface area contributed by atoms with Gasteiger partial charge >= 0.3 is 0 Å². The minimum atomic E-state index is -0.550. The molecule has 2 saturated heterocycles. The SMILES string of the molecule is CCCCS(CCCC)(CCCCCCCCCCCCCCC1CCCCO1)C1CCCO1. The van der Waals surface area contributed by atoms with Gasteiger partial charge in [-0.3, -0.25) is 0 Å². The molecule has 204 valence electrons. The molecule has 2 heterocycles. The predicted molar refractivity (Wildman–Crippen MR) is 155 cm³/mol. The lowest BCUT2D eigenvalue weighted by molar-refractivity contribution is 0.00977. The fourth-order valence-electron chi connectivity index (χ4n) is 6.07. The van der Waals surface area contributed by atoms with Crippen LogP contribution in [0.5, 0.6) is 0 Å². The maximum atomic E-state index is 6.34. The standard InChI is InChI=1S/C31H62O2S/c1-3-5-27-34(28-6-4-2,31-24-21-26-33-31)29-20-16-14-12-10-8-7-9-11-13-15-17-22-30-23-18-19-25-32-30/h30-31H,3-29H2,1-2H3. The van der Waals surface area contributed by atoms with Gasteiger partial charge < -0.3 is 9.47 Å². The summed E-state index contributed by atoms with van der Waals surface area (Å²) in [6, 6.07) is 0. The second kappa shape index (κ2) is 20.3. The molecule has 0 aromatic heterocycles. The fraction of sp³-hybridized carbons (Fsp3) is 1.00. The molecule has 0 aromatic rings. The van der Waals surface area contributed by atoms with Gasteiger partial charge in [0, 0.05) is 13.2 Å². The van der Waals surface area contributed by atoms with Crippen LogP contribution in [-0.4, -0.2) is 42.0 Å². The van der Waals surface area contributed by atoms with Gasteiger partial charge in [0.1, 0.15) is 0 Å². The van der Waals surface area contributed by atoms with Gasteiger partial charge in [-0.2, -0.15) is 0 Å². The minimum absolute atomic E-state index is 0.550. The zero-order valence-corrected chi connectivity index (χ0v) is 24.3. The maximum Gasteiger partial charge on any atom is 0.0879 e. The molecular formula is C31H62O2S. The average molecular weight is 499 g/mol. The van der Waals surface area contributed by atoms with E-state index in [1.165, 1.54) is 159 Å². The Labute approximate surface area is 216 Å². The highest BCUT2D eigenvalue weighted by Crippen LogP contribution is 2.57. The van der Waals surface area contributed by atoms with Crippen LogP contribution in [0, 0.1) is 0 Å². The first-order valence-electron chi connectivity index (χ1n) is 15.8. The van der Waals surface area contributed by atoms with Crippen LogP contribution >= 0.6 is 10.0 Å². The third-order valence-electron chi connectivity index (χ3n) is 8.36. The molecule has 3 heteroatoms. The van der Waals surface area contributed by atoms with Gasteiger partial charge in [-0.25, -0.2) is 10.0 Å². The highest BCUT2D eigenvalue weighted by molar-refractivity contribution is 8.34. The van der Waals surface area contributed by atoms with Crippen LogP contribution in [0.25, 0.3) is 0 Å². The molecule has 0 bridgehead atoms. The third-order valence-corrected chi connectivity index (χ3v) is 13.1. The largest absolute Gasteiger partial charge is 0.378 e. The summed E-state index contributed by atoms with van der Waals surface area (Å²) in [5, 5.41) is 0. The summed E-state index contributed by atoms with van der Waals surface area (Å²) in [7, 11) is -0.550.